The van der Waals surface area contributed by atoms with Crippen LogP contribution in [0, 0.1) is 5.92 Å². The minimum atomic E-state index is -0.781. The lowest BCUT2D eigenvalue weighted by atomic mass is 9.96. The van der Waals surface area contributed by atoms with Gasteiger partial charge in [0.25, 0.3) is 0 Å². The molecule has 0 aliphatic rings. The molecule has 1 aromatic rings. The smallest absolute Gasteiger partial charge is 0.303 e. The van der Waals surface area contributed by atoms with Crippen molar-refractivity contribution in [3.05, 3.63) is 35.9 Å². The minimum absolute atomic E-state index is 0.0369. The first-order valence-electron chi connectivity index (χ1n) is 5.13. The van der Waals surface area contributed by atoms with Gasteiger partial charge in [0.1, 0.15) is 0 Å². The van der Waals surface area contributed by atoms with Crippen LogP contribution >= 0.6 is 0 Å². The zero-order chi connectivity index (χ0) is 12.4. The molecule has 0 aliphatic carbocycles. The van der Waals surface area contributed by atoms with Crippen LogP contribution in [0.25, 0.3) is 0 Å². The molecule has 0 aliphatic heterocycles. The largest absolute Gasteiger partial charge is 0.481 e. The SMILES string of the molecule is CO.NCC(CC(=O)O)Cc1ccccc1. The molecule has 1 aromatic carbocycles. The summed E-state index contributed by atoms with van der Waals surface area (Å²) >= 11 is 0. The van der Waals surface area contributed by atoms with Crippen LogP contribution in [0.15, 0.2) is 30.3 Å². The van der Waals surface area contributed by atoms with E-state index in [0.717, 1.165) is 19.1 Å². The molecule has 0 aromatic heterocycles. The molecule has 0 heterocycles. The fraction of sp³-hybridized carbons (Fsp3) is 0.417. The van der Waals surface area contributed by atoms with Crippen LogP contribution in [0.5, 0.6) is 0 Å². The molecule has 0 bridgehead atoms. The van der Waals surface area contributed by atoms with Gasteiger partial charge in [-0.25, -0.2) is 0 Å². The molecule has 90 valence electrons. The van der Waals surface area contributed by atoms with Crippen LogP contribution in [-0.4, -0.2) is 29.8 Å². The molecule has 0 radical (unpaired) electrons. The van der Waals surface area contributed by atoms with Crippen LogP contribution in [0.4, 0.5) is 0 Å². The fourth-order valence-corrected chi connectivity index (χ4v) is 1.43. The Kier molecular flexibility index (Phi) is 8.11. The standard InChI is InChI=1S/C11H15NO2.CH4O/c12-8-10(7-11(13)14)6-9-4-2-1-3-5-9;1-2/h1-5,10H,6-8,12H2,(H,13,14);2H,1H3. The van der Waals surface area contributed by atoms with Crippen molar-refractivity contribution in [1.29, 1.82) is 0 Å². The molecule has 4 heteroatoms. The predicted molar refractivity (Wildman–Crippen MR) is 63.1 cm³/mol. The summed E-state index contributed by atoms with van der Waals surface area (Å²) in [5.41, 5.74) is 6.65. The van der Waals surface area contributed by atoms with Gasteiger partial charge < -0.3 is 15.9 Å². The third-order valence-electron chi connectivity index (χ3n) is 2.16. The number of hydrogen-bond donors (Lipinski definition) is 3. The van der Waals surface area contributed by atoms with Crippen LogP contribution in [0.3, 0.4) is 0 Å². The fourth-order valence-electron chi connectivity index (χ4n) is 1.43. The van der Waals surface area contributed by atoms with Gasteiger partial charge in [0, 0.05) is 13.5 Å². The third kappa shape index (κ3) is 6.16. The molecule has 0 saturated carbocycles. The van der Waals surface area contributed by atoms with E-state index in [1.807, 2.05) is 30.3 Å². The summed E-state index contributed by atoms with van der Waals surface area (Å²) in [6.45, 7) is 0.418. The van der Waals surface area contributed by atoms with Gasteiger partial charge in [0.2, 0.25) is 0 Å². The molecule has 0 amide bonds. The maximum atomic E-state index is 10.5. The van der Waals surface area contributed by atoms with Gasteiger partial charge in [0.15, 0.2) is 0 Å². The zero-order valence-electron chi connectivity index (χ0n) is 9.47. The van der Waals surface area contributed by atoms with Crippen molar-refractivity contribution in [2.24, 2.45) is 11.7 Å². The van der Waals surface area contributed by atoms with Crippen LogP contribution in [-0.2, 0) is 11.2 Å². The highest BCUT2D eigenvalue weighted by atomic mass is 16.4. The topological polar surface area (TPSA) is 83.5 Å². The van der Waals surface area contributed by atoms with Gasteiger partial charge in [0.05, 0.1) is 0 Å². The monoisotopic (exact) mass is 225 g/mol. The second-order valence-corrected chi connectivity index (χ2v) is 3.39. The Labute approximate surface area is 95.7 Å². The molecular formula is C12H19NO3. The van der Waals surface area contributed by atoms with Gasteiger partial charge in [-0.2, -0.15) is 0 Å². The van der Waals surface area contributed by atoms with E-state index >= 15 is 0 Å². The molecule has 16 heavy (non-hydrogen) atoms. The Bertz CT molecular complexity index is 288. The van der Waals surface area contributed by atoms with Crippen LogP contribution in [0.1, 0.15) is 12.0 Å². The summed E-state index contributed by atoms with van der Waals surface area (Å²) in [5.74, 6) is -0.744. The normalized spacial score (nSPS) is 11.2. The maximum absolute atomic E-state index is 10.5. The van der Waals surface area contributed by atoms with Crippen molar-refractivity contribution < 1.29 is 15.0 Å². The average Bonchev–Trinajstić information content (AvgIpc) is 2.31. The highest BCUT2D eigenvalue weighted by molar-refractivity contribution is 5.67. The third-order valence-corrected chi connectivity index (χ3v) is 2.16. The number of hydrogen-bond acceptors (Lipinski definition) is 3. The molecule has 1 unspecified atom stereocenters. The number of benzene rings is 1. The van der Waals surface area contributed by atoms with E-state index in [1.54, 1.807) is 0 Å². The van der Waals surface area contributed by atoms with E-state index in [4.69, 9.17) is 15.9 Å². The molecule has 0 saturated heterocycles. The average molecular weight is 225 g/mol. The molecular weight excluding hydrogens is 206 g/mol. The summed E-state index contributed by atoms with van der Waals surface area (Å²) in [7, 11) is 1.00. The number of aliphatic hydroxyl groups excluding tert-OH is 1. The van der Waals surface area contributed by atoms with E-state index in [2.05, 4.69) is 0 Å². The second kappa shape index (κ2) is 8.88. The number of aliphatic carboxylic acids is 1. The van der Waals surface area contributed by atoms with Crippen molar-refractivity contribution in [3.8, 4) is 0 Å². The lowest BCUT2D eigenvalue weighted by Gasteiger charge is -2.11. The van der Waals surface area contributed by atoms with Gasteiger partial charge in [-0.1, -0.05) is 30.3 Å². The summed E-state index contributed by atoms with van der Waals surface area (Å²) < 4.78 is 0. The van der Waals surface area contributed by atoms with Crippen molar-refractivity contribution >= 4 is 5.97 Å². The van der Waals surface area contributed by atoms with Crippen LogP contribution in [0.2, 0.25) is 0 Å². The Hall–Kier alpha value is -1.39. The number of carboxylic acids is 1. The number of carboxylic acid groups (broad SMARTS) is 1. The predicted octanol–water partition coefficient (Wildman–Crippen LogP) is 0.887. The first-order valence-corrected chi connectivity index (χ1v) is 5.13. The molecule has 1 atom stereocenters. The van der Waals surface area contributed by atoms with E-state index < -0.39 is 5.97 Å². The Balaban J connectivity index is 0.00000106. The quantitative estimate of drug-likeness (QED) is 0.694. The first kappa shape index (κ1) is 14.6. The number of carbonyl (C=O) groups is 1. The van der Waals surface area contributed by atoms with Gasteiger partial charge >= 0.3 is 5.97 Å². The van der Waals surface area contributed by atoms with Crippen molar-refractivity contribution in [2.75, 3.05) is 13.7 Å². The Morgan fingerprint density at radius 1 is 1.31 bits per heavy atom. The van der Waals surface area contributed by atoms with Gasteiger partial charge in [-0.15, -0.1) is 0 Å². The Morgan fingerprint density at radius 2 is 1.88 bits per heavy atom. The van der Waals surface area contributed by atoms with Crippen molar-refractivity contribution in [3.63, 3.8) is 0 Å². The summed E-state index contributed by atoms with van der Waals surface area (Å²) in [5, 5.41) is 15.6. The Morgan fingerprint density at radius 3 is 2.31 bits per heavy atom. The number of rotatable bonds is 5. The van der Waals surface area contributed by atoms with E-state index in [1.165, 1.54) is 0 Å². The van der Waals surface area contributed by atoms with Crippen molar-refractivity contribution in [2.45, 2.75) is 12.8 Å². The lowest BCUT2D eigenvalue weighted by molar-refractivity contribution is -0.138. The molecule has 0 fully saturated rings. The highest BCUT2D eigenvalue weighted by Crippen LogP contribution is 2.10. The summed E-state index contributed by atoms with van der Waals surface area (Å²) in [6, 6.07) is 9.82. The second-order valence-electron chi connectivity index (χ2n) is 3.39. The number of aliphatic hydroxyl groups is 1. The van der Waals surface area contributed by atoms with Gasteiger partial charge in [-0.3, -0.25) is 4.79 Å². The molecule has 4 N–H and O–H groups in total. The highest BCUT2D eigenvalue weighted by Gasteiger charge is 2.11. The molecule has 1 rings (SSSR count). The zero-order valence-corrected chi connectivity index (χ0v) is 9.47. The molecule has 4 nitrogen and oxygen atoms in total. The van der Waals surface area contributed by atoms with Crippen molar-refractivity contribution in [1.82, 2.24) is 0 Å². The van der Waals surface area contributed by atoms with Gasteiger partial charge in [-0.05, 0) is 24.4 Å². The summed E-state index contributed by atoms with van der Waals surface area (Å²) in [6.07, 6.45) is 0.884. The summed E-state index contributed by atoms with van der Waals surface area (Å²) in [4.78, 5) is 10.5. The van der Waals surface area contributed by atoms with E-state index in [-0.39, 0.29) is 12.3 Å². The maximum Gasteiger partial charge on any atom is 0.303 e. The number of nitrogens with two attached hydrogens (primary N) is 1. The van der Waals surface area contributed by atoms with E-state index in [9.17, 15) is 4.79 Å². The van der Waals surface area contributed by atoms with Crippen LogP contribution < -0.4 is 5.73 Å². The first-order chi connectivity index (χ1) is 7.72. The molecule has 0 spiro atoms. The lowest BCUT2D eigenvalue weighted by Crippen LogP contribution is -2.20. The minimum Gasteiger partial charge on any atom is -0.481 e. The van der Waals surface area contributed by atoms with E-state index in [0.29, 0.717) is 6.54 Å².